The van der Waals surface area contributed by atoms with Gasteiger partial charge >= 0.3 is 0 Å². The first-order valence-corrected chi connectivity index (χ1v) is 7.14. The minimum Gasteiger partial charge on any atom is -0.392 e. The second-order valence-electron chi connectivity index (χ2n) is 3.67. The minimum atomic E-state index is -3.82. The van der Waals surface area contributed by atoms with E-state index in [4.69, 9.17) is 16.9 Å². The Kier molecular flexibility index (Phi) is 5.11. The van der Waals surface area contributed by atoms with Gasteiger partial charge in [0.05, 0.1) is 22.8 Å². The Morgan fingerprint density at radius 3 is 2.78 bits per heavy atom. The molecule has 1 atom stereocenters. The number of hydrogen-bond donors (Lipinski definition) is 2. The fourth-order valence-corrected chi connectivity index (χ4v) is 2.80. The van der Waals surface area contributed by atoms with E-state index in [2.05, 4.69) is 4.72 Å². The first kappa shape index (κ1) is 14.9. The summed E-state index contributed by atoms with van der Waals surface area (Å²) in [7, 11) is -3.82. The Labute approximate surface area is 111 Å². The van der Waals surface area contributed by atoms with Crippen molar-refractivity contribution in [3.63, 3.8) is 0 Å². The van der Waals surface area contributed by atoms with Crippen LogP contribution in [0.3, 0.4) is 0 Å². The summed E-state index contributed by atoms with van der Waals surface area (Å²) in [4.78, 5) is -0.161. The molecular formula is C11H13ClN2O3S. The van der Waals surface area contributed by atoms with Gasteiger partial charge in [-0.15, -0.1) is 0 Å². The number of benzene rings is 1. The van der Waals surface area contributed by atoms with Gasteiger partial charge in [-0.1, -0.05) is 18.5 Å². The zero-order valence-electron chi connectivity index (χ0n) is 9.72. The number of nitrogens with one attached hydrogen (secondary N) is 1. The molecule has 98 valence electrons. The number of aliphatic hydroxyl groups is 1. The lowest BCUT2D eigenvalue weighted by atomic mass is 10.2. The molecule has 0 aliphatic heterocycles. The Balaban J connectivity index is 3.02. The van der Waals surface area contributed by atoms with Crippen molar-refractivity contribution in [3.8, 4) is 6.07 Å². The van der Waals surface area contributed by atoms with Crippen LogP contribution in [0.4, 0.5) is 0 Å². The van der Waals surface area contributed by atoms with E-state index in [1.165, 1.54) is 18.2 Å². The maximum absolute atomic E-state index is 11.9. The SMILES string of the molecule is CCC(O)CNS(=O)(=O)c1cc(C#N)ccc1Cl. The molecule has 0 aliphatic carbocycles. The standard InChI is InChI=1S/C11H13ClN2O3S/c1-2-9(15)7-14-18(16,17)11-5-8(6-13)3-4-10(11)12/h3-5,9,14-15H,2,7H2,1H3. The summed E-state index contributed by atoms with van der Waals surface area (Å²) in [5.74, 6) is 0. The summed E-state index contributed by atoms with van der Waals surface area (Å²) >= 11 is 5.80. The van der Waals surface area contributed by atoms with Gasteiger partial charge in [-0.2, -0.15) is 5.26 Å². The smallest absolute Gasteiger partial charge is 0.242 e. The van der Waals surface area contributed by atoms with Gasteiger partial charge in [-0.3, -0.25) is 0 Å². The van der Waals surface area contributed by atoms with E-state index in [1.807, 2.05) is 6.07 Å². The number of sulfonamides is 1. The average molecular weight is 289 g/mol. The number of nitriles is 1. The van der Waals surface area contributed by atoms with Gasteiger partial charge in [0.2, 0.25) is 10.0 Å². The van der Waals surface area contributed by atoms with E-state index in [-0.39, 0.29) is 22.0 Å². The summed E-state index contributed by atoms with van der Waals surface area (Å²) in [5.41, 5.74) is 0.204. The number of aliphatic hydroxyl groups excluding tert-OH is 1. The molecule has 1 rings (SSSR count). The summed E-state index contributed by atoms with van der Waals surface area (Å²) < 4.78 is 26.1. The summed E-state index contributed by atoms with van der Waals surface area (Å²) in [5, 5.41) is 18.1. The van der Waals surface area contributed by atoms with Crippen LogP contribution in [0.25, 0.3) is 0 Å². The van der Waals surface area contributed by atoms with Crippen LogP contribution in [0.2, 0.25) is 5.02 Å². The molecule has 0 radical (unpaired) electrons. The molecule has 0 aliphatic rings. The van der Waals surface area contributed by atoms with Crippen LogP contribution < -0.4 is 4.72 Å². The van der Waals surface area contributed by atoms with Crippen molar-refractivity contribution in [3.05, 3.63) is 28.8 Å². The summed E-state index contributed by atoms with van der Waals surface area (Å²) in [6, 6.07) is 5.82. The van der Waals surface area contributed by atoms with Crippen LogP contribution >= 0.6 is 11.6 Å². The maximum atomic E-state index is 11.9. The molecule has 0 aromatic heterocycles. The van der Waals surface area contributed by atoms with Gasteiger partial charge in [0, 0.05) is 6.54 Å². The van der Waals surface area contributed by atoms with Crippen molar-refractivity contribution < 1.29 is 13.5 Å². The van der Waals surface area contributed by atoms with Crippen LogP contribution in [0.15, 0.2) is 23.1 Å². The van der Waals surface area contributed by atoms with Crippen LogP contribution in [0.5, 0.6) is 0 Å². The van der Waals surface area contributed by atoms with Gasteiger partial charge in [-0.05, 0) is 24.6 Å². The van der Waals surface area contributed by atoms with Crippen molar-refractivity contribution in [1.29, 1.82) is 5.26 Å². The Morgan fingerprint density at radius 2 is 2.22 bits per heavy atom. The molecule has 1 unspecified atom stereocenters. The fraction of sp³-hybridized carbons (Fsp3) is 0.364. The first-order valence-electron chi connectivity index (χ1n) is 5.28. The van der Waals surface area contributed by atoms with Gasteiger partial charge in [-0.25, -0.2) is 13.1 Å². The highest BCUT2D eigenvalue weighted by Crippen LogP contribution is 2.22. The molecule has 0 saturated heterocycles. The van der Waals surface area contributed by atoms with Gasteiger partial charge in [0.15, 0.2) is 0 Å². The van der Waals surface area contributed by atoms with Crippen molar-refractivity contribution >= 4 is 21.6 Å². The Bertz CT molecular complexity index is 566. The third-order valence-corrected chi connectivity index (χ3v) is 4.24. The number of halogens is 1. The Hall–Kier alpha value is -1.13. The predicted molar refractivity (Wildman–Crippen MR) is 67.7 cm³/mol. The third-order valence-electron chi connectivity index (χ3n) is 2.33. The van der Waals surface area contributed by atoms with Gasteiger partial charge in [0.1, 0.15) is 4.90 Å². The zero-order valence-corrected chi connectivity index (χ0v) is 11.3. The topological polar surface area (TPSA) is 90.2 Å². The van der Waals surface area contributed by atoms with Crippen LogP contribution in [0, 0.1) is 11.3 Å². The second-order valence-corrected chi connectivity index (χ2v) is 5.81. The van der Waals surface area contributed by atoms with E-state index in [0.29, 0.717) is 6.42 Å². The number of hydrogen-bond acceptors (Lipinski definition) is 4. The zero-order chi connectivity index (χ0) is 13.8. The lowest BCUT2D eigenvalue weighted by Crippen LogP contribution is -2.32. The quantitative estimate of drug-likeness (QED) is 0.853. The summed E-state index contributed by atoms with van der Waals surface area (Å²) in [6.07, 6.45) is -0.313. The molecule has 5 nitrogen and oxygen atoms in total. The normalized spacial score (nSPS) is 13.0. The van der Waals surface area contributed by atoms with E-state index in [1.54, 1.807) is 6.92 Å². The number of rotatable bonds is 5. The molecule has 0 saturated carbocycles. The largest absolute Gasteiger partial charge is 0.392 e. The molecular weight excluding hydrogens is 276 g/mol. The lowest BCUT2D eigenvalue weighted by Gasteiger charge is -2.11. The molecule has 1 aromatic carbocycles. The molecule has 0 spiro atoms. The van der Waals surface area contributed by atoms with E-state index < -0.39 is 16.1 Å². The van der Waals surface area contributed by atoms with Crippen LogP contribution in [0.1, 0.15) is 18.9 Å². The predicted octanol–water partition coefficient (Wildman–Crippen LogP) is 1.26. The summed E-state index contributed by atoms with van der Waals surface area (Å²) in [6.45, 7) is 1.65. The minimum absolute atomic E-state index is 0.0347. The monoisotopic (exact) mass is 288 g/mol. The molecule has 1 aromatic rings. The van der Waals surface area contributed by atoms with E-state index >= 15 is 0 Å². The molecule has 0 fully saturated rings. The molecule has 7 heteroatoms. The number of nitrogens with zero attached hydrogens (tertiary/aromatic N) is 1. The fourth-order valence-electron chi connectivity index (χ4n) is 1.21. The van der Waals surface area contributed by atoms with Crippen LogP contribution in [-0.2, 0) is 10.0 Å². The second kappa shape index (κ2) is 6.16. The molecule has 18 heavy (non-hydrogen) atoms. The van der Waals surface area contributed by atoms with Crippen molar-refractivity contribution in [2.75, 3.05) is 6.54 Å². The highest BCUT2D eigenvalue weighted by atomic mass is 35.5. The molecule has 0 heterocycles. The van der Waals surface area contributed by atoms with E-state index in [0.717, 1.165) is 0 Å². The van der Waals surface area contributed by atoms with Crippen molar-refractivity contribution in [1.82, 2.24) is 4.72 Å². The van der Waals surface area contributed by atoms with E-state index in [9.17, 15) is 13.5 Å². The van der Waals surface area contributed by atoms with Gasteiger partial charge in [0.25, 0.3) is 0 Å². The van der Waals surface area contributed by atoms with Crippen molar-refractivity contribution in [2.24, 2.45) is 0 Å². The molecule has 0 amide bonds. The highest BCUT2D eigenvalue weighted by molar-refractivity contribution is 7.89. The lowest BCUT2D eigenvalue weighted by molar-refractivity contribution is 0.174. The average Bonchev–Trinajstić information content (AvgIpc) is 2.36. The third kappa shape index (κ3) is 3.68. The molecule has 0 bridgehead atoms. The maximum Gasteiger partial charge on any atom is 0.242 e. The van der Waals surface area contributed by atoms with Crippen LogP contribution in [-0.4, -0.2) is 26.2 Å². The highest BCUT2D eigenvalue weighted by Gasteiger charge is 2.19. The first-order chi connectivity index (χ1) is 8.40. The molecule has 2 N–H and O–H groups in total. The van der Waals surface area contributed by atoms with Gasteiger partial charge < -0.3 is 5.11 Å². The Morgan fingerprint density at radius 1 is 1.56 bits per heavy atom. The van der Waals surface area contributed by atoms with Crippen molar-refractivity contribution in [2.45, 2.75) is 24.3 Å².